The predicted molar refractivity (Wildman–Crippen MR) is 71.0 cm³/mol. The average molecular weight is 276 g/mol. The number of nitrogens with zero attached hydrogens (tertiary/aromatic N) is 1. The van der Waals surface area contributed by atoms with Gasteiger partial charge in [0.05, 0.1) is 23.7 Å². The van der Waals surface area contributed by atoms with E-state index in [1.54, 1.807) is 0 Å². The normalized spacial score (nSPS) is 40.2. The molecule has 0 aromatic rings. The summed E-state index contributed by atoms with van der Waals surface area (Å²) in [5.41, 5.74) is 5.81. The van der Waals surface area contributed by atoms with Gasteiger partial charge in [-0.1, -0.05) is 12.8 Å². The third-order valence-corrected chi connectivity index (χ3v) is 6.21. The van der Waals surface area contributed by atoms with Crippen molar-refractivity contribution >= 4 is 9.84 Å². The molecule has 0 radical (unpaired) electrons. The smallest absolute Gasteiger partial charge is 0.154 e. The lowest BCUT2D eigenvalue weighted by molar-refractivity contribution is 0.0391. The minimum atomic E-state index is -3.08. The summed E-state index contributed by atoms with van der Waals surface area (Å²) >= 11 is 0. The van der Waals surface area contributed by atoms with Crippen LogP contribution in [0, 0.1) is 5.92 Å². The molecule has 1 aliphatic heterocycles. The van der Waals surface area contributed by atoms with Gasteiger partial charge in [-0.25, -0.2) is 8.42 Å². The quantitative estimate of drug-likeness (QED) is 0.732. The fourth-order valence-corrected chi connectivity index (χ4v) is 5.30. The Bertz CT molecular complexity index is 385. The molecule has 0 aromatic carbocycles. The second-order valence-corrected chi connectivity index (χ2v) is 7.88. The first kappa shape index (κ1) is 14.2. The Morgan fingerprint density at radius 3 is 2.44 bits per heavy atom. The lowest BCUT2D eigenvalue weighted by atomic mass is 9.83. The molecule has 0 aromatic heterocycles. The van der Waals surface area contributed by atoms with Crippen LogP contribution in [-0.4, -0.2) is 61.7 Å². The van der Waals surface area contributed by atoms with Crippen LogP contribution in [0.5, 0.6) is 0 Å². The van der Waals surface area contributed by atoms with Crippen molar-refractivity contribution in [3.05, 3.63) is 0 Å². The highest BCUT2D eigenvalue weighted by molar-refractivity contribution is 7.91. The Morgan fingerprint density at radius 2 is 1.89 bits per heavy atom. The molecule has 5 nitrogen and oxygen atoms in total. The van der Waals surface area contributed by atoms with Gasteiger partial charge in [0.25, 0.3) is 0 Å². The minimum Gasteiger partial charge on any atom is -0.390 e. The van der Waals surface area contributed by atoms with Crippen LogP contribution >= 0.6 is 0 Å². The molecule has 18 heavy (non-hydrogen) atoms. The molecule has 2 aliphatic rings. The summed E-state index contributed by atoms with van der Waals surface area (Å²) in [7, 11) is -1.14. The Kier molecular flexibility index (Phi) is 4.31. The van der Waals surface area contributed by atoms with Crippen molar-refractivity contribution in [3.63, 3.8) is 0 Å². The zero-order chi connectivity index (χ0) is 13.3. The predicted octanol–water partition coefficient (Wildman–Crippen LogP) is -0.406. The van der Waals surface area contributed by atoms with Gasteiger partial charge < -0.3 is 10.8 Å². The summed E-state index contributed by atoms with van der Waals surface area (Å²) in [6, 6.07) is 0.0591. The van der Waals surface area contributed by atoms with E-state index in [0.717, 1.165) is 12.8 Å². The van der Waals surface area contributed by atoms with Crippen LogP contribution in [0.3, 0.4) is 0 Å². The summed E-state index contributed by atoms with van der Waals surface area (Å²) in [5, 5.41) is 9.93. The molecular weight excluding hydrogens is 252 g/mol. The number of aliphatic hydroxyl groups excluding tert-OH is 1. The van der Waals surface area contributed by atoms with E-state index in [4.69, 9.17) is 5.73 Å². The maximum atomic E-state index is 11.6. The lowest BCUT2D eigenvalue weighted by Crippen LogP contribution is -2.51. The van der Waals surface area contributed by atoms with E-state index < -0.39 is 15.9 Å². The Morgan fingerprint density at radius 1 is 1.22 bits per heavy atom. The van der Waals surface area contributed by atoms with Gasteiger partial charge in [-0.05, 0) is 32.4 Å². The zero-order valence-corrected chi connectivity index (χ0v) is 11.8. The van der Waals surface area contributed by atoms with Gasteiger partial charge in [0.15, 0.2) is 9.84 Å². The second-order valence-electron chi connectivity index (χ2n) is 5.72. The van der Waals surface area contributed by atoms with E-state index >= 15 is 0 Å². The van der Waals surface area contributed by atoms with Gasteiger partial charge in [-0.2, -0.15) is 0 Å². The van der Waals surface area contributed by atoms with Crippen LogP contribution in [0.15, 0.2) is 0 Å². The van der Waals surface area contributed by atoms with Gasteiger partial charge in [0.1, 0.15) is 0 Å². The SMILES string of the molecule is CN(C1CS(=O)(=O)CC1O)C1CCCCC1CN. The summed E-state index contributed by atoms with van der Waals surface area (Å²) in [4.78, 5) is 2.08. The first-order valence-corrected chi connectivity index (χ1v) is 8.57. The first-order chi connectivity index (χ1) is 8.44. The first-order valence-electron chi connectivity index (χ1n) is 6.75. The van der Waals surface area contributed by atoms with Crippen LogP contribution in [-0.2, 0) is 9.84 Å². The molecular formula is C12H24N2O3S. The standard InChI is InChI=1S/C12H24N2O3S/c1-14(10-5-3-2-4-9(10)6-13)11-7-18(16,17)8-12(11)15/h9-12,15H,2-8,13H2,1H3. The van der Waals surface area contributed by atoms with Crippen molar-refractivity contribution in [1.82, 2.24) is 4.90 Å². The van der Waals surface area contributed by atoms with E-state index in [-0.39, 0.29) is 17.5 Å². The molecule has 1 heterocycles. The molecule has 0 spiro atoms. The van der Waals surface area contributed by atoms with E-state index in [1.165, 1.54) is 12.8 Å². The van der Waals surface area contributed by atoms with Crippen LogP contribution < -0.4 is 5.73 Å². The molecule has 1 saturated carbocycles. The van der Waals surface area contributed by atoms with Gasteiger partial charge in [0, 0.05) is 6.04 Å². The summed E-state index contributed by atoms with van der Waals surface area (Å²) in [5.74, 6) is 0.416. The molecule has 6 heteroatoms. The molecule has 0 amide bonds. The van der Waals surface area contributed by atoms with Crippen LogP contribution in [0.2, 0.25) is 0 Å². The highest BCUT2D eigenvalue weighted by Crippen LogP contribution is 2.30. The number of hydrogen-bond donors (Lipinski definition) is 2. The average Bonchev–Trinajstić information content (AvgIpc) is 2.62. The number of aliphatic hydroxyl groups is 1. The number of hydrogen-bond acceptors (Lipinski definition) is 5. The molecule has 4 atom stereocenters. The molecule has 3 N–H and O–H groups in total. The third kappa shape index (κ3) is 2.87. The Hall–Kier alpha value is -0.170. The number of likely N-dealkylation sites (N-methyl/N-ethyl adjacent to an activating group) is 1. The Balaban J connectivity index is 2.08. The van der Waals surface area contributed by atoms with Crippen molar-refractivity contribution in [3.8, 4) is 0 Å². The fraction of sp³-hybridized carbons (Fsp3) is 1.00. The van der Waals surface area contributed by atoms with Crippen molar-refractivity contribution in [1.29, 1.82) is 0 Å². The van der Waals surface area contributed by atoms with E-state index in [0.29, 0.717) is 18.5 Å². The van der Waals surface area contributed by atoms with E-state index in [1.807, 2.05) is 7.05 Å². The maximum Gasteiger partial charge on any atom is 0.154 e. The van der Waals surface area contributed by atoms with Crippen molar-refractivity contribution in [2.75, 3.05) is 25.1 Å². The third-order valence-electron chi connectivity index (χ3n) is 4.51. The topological polar surface area (TPSA) is 83.6 Å². The highest BCUT2D eigenvalue weighted by Gasteiger charge is 2.42. The van der Waals surface area contributed by atoms with Crippen molar-refractivity contribution < 1.29 is 13.5 Å². The van der Waals surface area contributed by atoms with E-state index in [2.05, 4.69) is 4.90 Å². The van der Waals surface area contributed by atoms with Gasteiger partial charge in [0.2, 0.25) is 0 Å². The zero-order valence-electron chi connectivity index (χ0n) is 11.0. The number of rotatable bonds is 3. The summed E-state index contributed by atoms with van der Waals surface area (Å²) in [6.45, 7) is 0.643. The molecule has 2 fully saturated rings. The van der Waals surface area contributed by atoms with Crippen molar-refractivity contribution in [2.45, 2.75) is 43.9 Å². The minimum absolute atomic E-state index is 0.0818. The van der Waals surface area contributed by atoms with Crippen LogP contribution in [0.1, 0.15) is 25.7 Å². The van der Waals surface area contributed by atoms with Gasteiger partial charge in [-0.3, -0.25) is 4.90 Å². The number of nitrogens with two attached hydrogens (primary N) is 1. The summed E-state index contributed by atoms with van der Waals surface area (Å²) < 4.78 is 23.2. The molecule has 106 valence electrons. The van der Waals surface area contributed by atoms with Crippen LogP contribution in [0.4, 0.5) is 0 Å². The fourth-order valence-electron chi connectivity index (χ4n) is 3.44. The molecule has 1 aliphatic carbocycles. The lowest BCUT2D eigenvalue weighted by Gasteiger charge is -2.41. The molecule has 0 bridgehead atoms. The summed E-state index contributed by atoms with van der Waals surface area (Å²) in [6.07, 6.45) is 3.79. The monoisotopic (exact) mass is 276 g/mol. The van der Waals surface area contributed by atoms with Gasteiger partial charge in [-0.15, -0.1) is 0 Å². The maximum absolute atomic E-state index is 11.6. The van der Waals surface area contributed by atoms with Gasteiger partial charge >= 0.3 is 0 Å². The molecule has 2 rings (SSSR count). The van der Waals surface area contributed by atoms with Crippen molar-refractivity contribution in [2.24, 2.45) is 11.7 Å². The largest absolute Gasteiger partial charge is 0.390 e. The highest BCUT2D eigenvalue weighted by atomic mass is 32.2. The van der Waals surface area contributed by atoms with E-state index in [9.17, 15) is 13.5 Å². The number of sulfone groups is 1. The second kappa shape index (κ2) is 5.45. The Labute approximate surface area is 109 Å². The molecule has 4 unspecified atom stereocenters. The molecule has 1 saturated heterocycles. The van der Waals surface area contributed by atoms with Crippen LogP contribution in [0.25, 0.3) is 0 Å².